The lowest BCUT2D eigenvalue weighted by Gasteiger charge is -2.35. The average Bonchev–Trinajstić information content (AvgIpc) is 2.56. The Labute approximate surface area is 135 Å². The van der Waals surface area contributed by atoms with Crippen molar-refractivity contribution in [2.24, 2.45) is 0 Å². The fraction of sp³-hybridized carbons (Fsp3) is 0.0526. The number of hydrogen-bond donors (Lipinski definition) is 0. The Morgan fingerprint density at radius 1 is 0.571 bits per heavy atom. The van der Waals surface area contributed by atoms with Gasteiger partial charge >= 0.3 is 0 Å². The van der Waals surface area contributed by atoms with Gasteiger partial charge in [0.1, 0.15) is 0 Å². The lowest BCUT2D eigenvalue weighted by atomic mass is 10.2. The highest BCUT2D eigenvalue weighted by Gasteiger charge is 2.27. The second-order valence-electron chi connectivity index (χ2n) is 4.98. The third kappa shape index (κ3) is 2.78. The van der Waals surface area contributed by atoms with Crippen LogP contribution in [0.4, 0.5) is 0 Å². The molecule has 0 aromatic heterocycles. The minimum Gasteiger partial charge on any atom is -0.101 e. The predicted molar refractivity (Wildman–Crippen MR) is 95.4 cm³/mol. The predicted octanol–water partition coefficient (Wildman–Crippen LogP) is 6.59. The zero-order valence-corrected chi connectivity index (χ0v) is 14.3. The maximum Gasteiger partial charge on any atom is 0.00785 e. The van der Waals surface area contributed by atoms with Crippen LogP contribution in [-0.4, -0.2) is 0 Å². The van der Waals surface area contributed by atoms with E-state index in [0.717, 1.165) is 0 Å². The van der Waals surface area contributed by atoms with Crippen molar-refractivity contribution in [3.63, 3.8) is 0 Å². The summed E-state index contributed by atoms with van der Waals surface area (Å²) < 4.78 is 0. The molecule has 0 saturated carbocycles. The summed E-state index contributed by atoms with van der Waals surface area (Å²) in [6, 6.07) is 30.2. The Hall–Kier alpha value is -1.51. The Balaban J connectivity index is 2.23. The molecule has 0 amide bonds. The molecule has 0 spiro atoms. The van der Waals surface area contributed by atoms with Gasteiger partial charge in [-0.1, -0.05) is 54.1 Å². The van der Waals surface area contributed by atoms with Crippen LogP contribution in [0.15, 0.2) is 99.6 Å². The average molecular weight is 357 g/mol. The summed E-state index contributed by atoms with van der Waals surface area (Å²) in [6.07, 6.45) is 0. The smallest absolute Gasteiger partial charge is 0.00785 e. The Bertz CT molecular complexity index is 666. The van der Waals surface area contributed by atoms with Crippen molar-refractivity contribution in [2.45, 2.75) is 21.6 Å². The van der Waals surface area contributed by atoms with E-state index >= 15 is 0 Å². The molecule has 0 nitrogen and oxygen atoms in total. The summed E-state index contributed by atoms with van der Waals surface area (Å²) in [5.74, 6) is 0. The molecule has 21 heavy (non-hydrogen) atoms. The van der Waals surface area contributed by atoms with Gasteiger partial charge in [0.25, 0.3) is 0 Å². The van der Waals surface area contributed by atoms with E-state index in [1.54, 1.807) is 0 Å². The van der Waals surface area contributed by atoms with E-state index in [1.807, 2.05) is 0 Å². The van der Waals surface area contributed by atoms with Gasteiger partial charge in [0.05, 0.1) is 0 Å². The normalized spacial score (nSPS) is 12.1. The Morgan fingerprint density at radius 3 is 1.38 bits per heavy atom. The van der Waals surface area contributed by atoms with Crippen molar-refractivity contribution >= 4 is 23.3 Å². The molecule has 0 saturated heterocycles. The highest BCUT2D eigenvalue weighted by Crippen LogP contribution is 2.73. The minimum atomic E-state index is -1.38. The fourth-order valence-corrected chi connectivity index (χ4v) is 6.68. The maximum absolute atomic E-state index is 4.12. The highest BCUT2D eigenvalue weighted by molar-refractivity contribution is 9.58. The van der Waals surface area contributed by atoms with Gasteiger partial charge in [0.15, 0.2) is 0 Å². The highest BCUT2D eigenvalue weighted by atomic mass is 79.9. The van der Waals surface area contributed by atoms with Gasteiger partial charge in [-0.25, -0.2) is 0 Å². The summed E-state index contributed by atoms with van der Waals surface area (Å²) in [7, 11) is -1.38. The first-order chi connectivity index (χ1) is 10.2. The quantitative estimate of drug-likeness (QED) is 0.496. The monoisotopic (exact) mass is 356 g/mol. The van der Waals surface area contributed by atoms with Crippen molar-refractivity contribution in [3.05, 3.63) is 90.5 Å². The molecular weight excluding hydrogens is 340 g/mol. The molecule has 0 bridgehead atoms. The second-order valence-corrected chi connectivity index (χ2v) is 10.4. The molecule has 0 N–H and O–H groups in total. The molecule has 3 rings (SSSR count). The van der Waals surface area contributed by atoms with E-state index in [0.29, 0.717) is 0 Å². The minimum absolute atomic E-state index is 1.29. The van der Waals surface area contributed by atoms with Crippen LogP contribution in [0.25, 0.3) is 0 Å². The van der Waals surface area contributed by atoms with Crippen molar-refractivity contribution in [1.82, 2.24) is 0 Å². The first-order valence-corrected chi connectivity index (χ1v) is 10.4. The van der Waals surface area contributed by atoms with Crippen LogP contribution in [0.3, 0.4) is 0 Å². The second kappa shape index (κ2) is 6.08. The molecule has 0 radical (unpaired) electrons. The summed E-state index contributed by atoms with van der Waals surface area (Å²) in [5.41, 5.74) is 1.29. The van der Waals surface area contributed by atoms with Crippen molar-refractivity contribution in [1.29, 1.82) is 0 Å². The molecule has 0 atom stereocenters. The summed E-state index contributed by atoms with van der Waals surface area (Å²) >= 11 is 4.12. The van der Waals surface area contributed by atoms with Gasteiger partial charge in [-0.3, -0.25) is 0 Å². The zero-order valence-electron chi connectivity index (χ0n) is 11.9. The van der Waals surface area contributed by atoms with Crippen LogP contribution in [-0.2, 0) is 0 Å². The van der Waals surface area contributed by atoms with E-state index in [4.69, 9.17) is 0 Å². The number of hydrogen-bond acceptors (Lipinski definition) is 0. The van der Waals surface area contributed by atoms with Gasteiger partial charge < -0.3 is 0 Å². The van der Waals surface area contributed by atoms with E-state index < -0.39 is 8.46 Å². The first-order valence-electron chi connectivity index (χ1n) is 6.91. The molecular formula is C19H17BrS. The largest absolute Gasteiger partial charge is 0.101 e. The summed E-state index contributed by atoms with van der Waals surface area (Å²) in [4.78, 5) is 3.96. The van der Waals surface area contributed by atoms with Crippen molar-refractivity contribution < 1.29 is 0 Å². The van der Waals surface area contributed by atoms with Gasteiger partial charge in [-0.05, 0) is 58.1 Å². The molecule has 3 aromatic rings. The van der Waals surface area contributed by atoms with Gasteiger partial charge in [0, 0.05) is 14.7 Å². The van der Waals surface area contributed by atoms with Crippen LogP contribution in [0.1, 0.15) is 5.56 Å². The van der Waals surface area contributed by atoms with Crippen LogP contribution in [0.2, 0.25) is 0 Å². The number of halogens is 1. The van der Waals surface area contributed by atoms with E-state index in [9.17, 15) is 0 Å². The lowest BCUT2D eigenvalue weighted by Crippen LogP contribution is -1.96. The van der Waals surface area contributed by atoms with Crippen LogP contribution in [0, 0.1) is 6.92 Å². The molecule has 0 aliphatic heterocycles. The molecule has 0 aliphatic rings. The molecule has 3 aromatic carbocycles. The van der Waals surface area contributed by atoms with Gasteiger partial charge in [0.2, 0.25) is 0 Å². The fourth-order valence-electron chi connectivity index (χ4n) is 2.35. The molecule has 0 fully saturated rings. The SMILES string of the molecule is Cc1ccc(S(Br)(c2ccccc2)c2ccccc2)cc1. The molecule has 0 unspecified atom stereocenters. The lowest BCUT2D eigenvalue weighted by molar-refractivity contribution is 1.30. The number of rotatable bonds is 3. The zero-order chi connectivity index (χ0) is 14.7. The van der Waals surface area contributed by atoms with Crippen molar-refractivity contribution in [3.8, 4) is 0 Å². The summed E-state index contributed by atoms with van der Waals surface area (Å²) in [5, 5.41) is 0. The van der Waals surface area contributed by atoms with Gasteiger partial charge in [-0.15, -0.1) is 8.46 Å². The number of benzene rings is 3. The topological polar surface area (TPSA) is 0 Å². The van der Waals surface area contributed by atoms with Crippen LogP contribution in [0.5, 0.6) is 0 Å². The van der Waals surface area contributed by atoms with Gasteiger partial charge in [-0.2, -0.15) is 0 Å². The Morgan fingerprint density at radius 2 is 0.952 bits per heavy atom. The first kappa shape index (κ1) is 14.4. The van der Waals surface area contributed by atoms with Crippen LogP contribution < -0.4 is 0 Å². The van der Waals surface area contributed by atoms with E-state index in [-0.39, 0.29) is 0 Å². The third-order valence-corrected chi connectivity index (χ3v) is 9.61. The van der Waals surface area contributed by atoms with E-state index in [1.165, 1.54) is 20.2 Å². The standard InChI is InChI=1S/C19H17BrS/c1-16-12-14-19(15-13-16)21(20,17-8-4-2-5-9-17)18-10-6-3-7-11-18/h2-15H,1H3. The molecule has 106 valence electrons. The van der Waals surface area contributed by atoms with E-state index in [2.05, 4.69) is 107 Å². The Kier molecular flexibility index (Phi) is 4.18. The third-order valence-electron chi connectivity index (χ3n) is 3.48. The maximum atomic E-state index is 4.12. The molecule has 0 aliphatic carbocycles. The van der Waals surface area contributed by atoms with Crippen molar-refractivity contribution in [2.75, 3.05) is 0 Å². The summed E-state index contributed by atoms with van der Waals surface area (Å²) in [6.45, 7) is 2.13. The number of aryl methyl sites for hydroxylation is 1. The van der Waals surface area contributed by atoms with Crippen LogP contribution >= 0.6 is 23.3 Å². The molecule has 0 heterocycles. The molecule has 2 heteroatoms.